The minimum Gasteiger partial charge on any atom is -0.349 e. The molecule has 2 fully saturated rings. The zero-order valence-electron chi connectivity index (χ0n) is 14.8. The van der Waals surface area contributed by atoms with Gasteiger partial charge in [-0.2, -0.15) is 0 Å². The molecule has 1 aromatic heterocycles. The monoisotopic (exact) mass is 330 g/mol. The first-order chi connectivity index (χ1) is 11.8. The highest BCUT2D eigenvalue weighted by Crippen LogP contribution is 2.23. The van der Waals surface area contributed by atoms with Gasteiger partial charge in [-0.1, -0.05) is 32.6 Å². The molecule has 1 saturated carbocycles. The van der Waals surface area contributed by atoms with Crippen LogP contribution in [0.25, 0.3) is 0 Å². The van der Waals surface area contributed by atoms with Crippen molar-refractivity contribution in [2.45, 2.75) is 83.2 Å². The van der Waals surface area contributed by atoms with E-state index in [1.54, 1.807) is 12.4 Å². The molecule has 1 aromatic rings. The van der Waals surface area contributed by atoms with E-state index in [0.29, 0.717) is 17.6 Å². The molecule has 3 rings (SSSR count). The van der Waals surface area contributed by atoms with Gasteiger partial charge in [-0.05, 0) is 38.5 Å². The maximum atomic E-state index is 12.4. The van der Waals surface area contributed by atoms with Crippen LogP contribution in [-0.4, -0.2) is 34.5 Å². The van der Waals surface area contributed by atoms with Crippen LogP contribution < -0.4 is 10.2 Å². The van der Waals surface area contributed by atoms with Crippen molar-refractivity contribution in [3.05, 3.63) is 18.0 Å². The summed E-state index contributed by atoms with van der Waals surface area (Å²) in [4.78, 5) is 23.7. The SMILES string of the molecule is CCC1CCCCN1c1ncc(C(=O)NC2CCCCCC2)cn1. The number of carbonyl (C=O) groups is 1. The topological polar surface area (TPSA) is 58.1 Å². The van der Waals surface area contributed by atoms with Crippen LogP contribution in [0.3, 0.4) is 0 Å². The third kappa shape index (κ3) is 4.25. The Kier molecular flexibility index (Phi) is 6.05. The van der Waals surface area contributed by atoms with Gasteiger partial charge in [-0.3, -0.25) is 4.79 Å². The highest BCUT2D eigenvalue weighted by Gasteiger charge is 2.23. The molecule has 24 heavy (non-hydrogen) atoms. The average molecular weight is 330 g/mol. The molecule has 0 spiro atoms. The Morgan fingerprint density at radius 2 is 1.75 bits per heavy atom. The summed E-state index contributed by atoms with van der Waals surface area (Å²) in [5.74, 6) is 0.742. The summed E-state index contributed by atoms with van der Waals surface area (Å²) in [6, 6.07) is 0.843. The third-order valence-corrected chi connectivity index (χ3v) is 5.45. The summed E-state index contributed by atoms with van der Waals surface area (Å²) in [5.41, 5.74) is 0.577. The molecular weight excluding hydrogens is 300 g/mol. The van der Waals surface area contributed by atoms with E-state index < -0.39 is 0 Å². The second kappa shape index (κ2) is 8.45. The molecule has 2 heterocycles. The van der Waals surface area contributed by atoms with Gasteiger partial charge in [0.25, 0.3) is 5.91 Å². The maximum Gasteiger partial charge on any atom is 0.254 e. The van der Waals surface area contributed by atoms with Crippen molar-refractivity contribution in [1.29, 1.82) is 0 Å². The smallest absolute Gasteiger partial charge is 0.254 e. The lowest BCUT2D eigenvalue weighted by Crippen LogP contribution is -2.40. The zero-order chi connectivity index (χ0) is 16.8. The zero-order valence-corrected chi connectivity index (χ0v) is 14.8. The van der Waals surface area contributed by atoms with Crippen molar-refractivity contribution in [3.63, 3.8) is 0 Å². The summed E-state index contributed by atoms with van der Waals surface area (Å²) < 4.78 is 0. The number of hydrogen-bond acceptors (Lipinski definition) is 4. The normalized spacial score (nSPS) is 22.9. The molecule has 1 aliphatic heterocycles. The van der Waals surface area contributed by atoms with Gasteiger partial charge in [0.15, 0.2) is 0 Å². The second-order valence-electron chi connectivity index (χ2n) is 7.18. The van der Waals surface area contributed by atoms with E-state index in [2.05, 4.69) is 27.1 Å². The number of carbonyl (C=O) groups excluding carboxylic acids is 1. The molecule has 1 unspecified atom stereocenters. The van der Waals surface area contributed by atoms with Crippen LogP contribution in [0.1, 0.15) is 81.5 Å². The van der Waals surface area contributed by atoms with E-state index in [1.807, 2.05) is 0 Å². The fraction of sp³-hybridized carbons (Fsp3) is 0.737. The van der Waals surface area contributed by atoms with Crippen LogP contribution in [0.4, 0.5) is 5.95 Å². The summed E-state index contributed by atoms with van der Waals surface area (Å²) in [7, 11) is 0. The maximum absolute atomic E-state index is 12.4. The number of aromatic nitrogens is 2. The molecule has 2 aliphatic rings. The fourth-order valence-electron chi connectivity index (χ4n) is 3.97. The number of nitrogens with one attached hydrogen (secondary N) is 1. The Labute approximate surface area is 145 Å². The van der Waals surface area contributed by atoms with Crippen molar-refractivity contribution < 1.29 is 4.79 Å². The molecule has 1 N–H and O–H groups in total. The quantitative estimate of drug-likeness (QED) is 0.855. The van der Waals surface area contributed by atoms with E-state index in [4.69, 9.17) is 0 Å². The van der Waals surface area contributed by atoms with Crippen molar-refractivity contribution in [3.8, 4) is 0 Å². The van der Waals surface area contributed by atoms with Crippen LogP contribution >= 0.6 is 0 Å². The van der Waals surface area contributed by atoms with E-state index in [-0.39, 0.29) is 5.91 Å². The molecule has 1 amide bonds. The molecular formula is C19H30N4O. The molecule has 0 radical (unpaired) electrons. The summed E-state index contributed by atoms with van der Waals surface area (Å²) in [6.07, 6.45) is 15.4. The fourth-order valence-corrected chi connectivity index (χ4v) is 3.97. The Hall–Kier alpha value is -1.65. The van der Waals surface area contributed by atoms with Crippen molar-refractivity contribution >= 4 is 11.9 Å². The highest BCUT2D eigenvalue weighted by atomic mass is 16.1. The largest absolute Gasteiger partial charge is 0.349 e. The number of amides is 1. The molecule has 132 valence electrons. The van der Waals surface area contributed by atoms with Gasteiger partial charge >= 0.3 is 0 Å². The third-order valence-electron chi connectivity index (χ3n) is 5.45. The molecule has 0 bridgehead atoms. The number of anilines is 1. The van der Waals surface area contributed by atoms with Gasteiger partial charge in [-0.25, -0.2) is 9.97 Å². The summed E-state index contributed by atoms with van der Waals surface area (Å²) >= 11 is 0. The summed E-state index contributed by atoms with van der Waals surface area (Å²) in [6.45, 7) is 3.24. The van der Waals surface area contributed by atoms with Crippen molar-refractivity contribution in [2.24, 2.45) is 0 Å². The molecule has 1 atom stereocenters. The minimum atomic E-state index is -0.0286. The Balaban J connectivity index is 1.61. The standard InChI is InChI=1S/C19H30N4O/c1-2-17-11-7-8-12-23(17)19-20-13-15(14-21-19)18(24)22-16-9-5-3-4-6-10-16/h13-14,16-17H,2-12H2,1H3,(H,22,24). The number of nitrogens with zero attached hydrogens (tertiary/aromatic N) is 3. The van der Waals surface area contributed by atoms with Crippen LogP contribution in [0.2, 0.25) is 0 Å². The number of hydrogen-bond donors (Lipinski definition) is 1. The van der Waals surface area contributed by atoms with Gasteiger partial charge in [0.2, 0.25) is 5.95 Å². The van der Waals surface area contributed by atoms with Crippen LogP contribution in [-0.2, 0) is 0 Å². The molecule has 0 aromatic carbocycles. The van der Waals surface area contributed by atoms with Gasteiger partial charge in [0, 0.05) is 31.0 Å². The van der Waals surface area contributed by atoms with Crippen LogP contribution in [0, 0.1) is 0 Å². The van der Waals surface area contributed by atoms with E-state index in [9.17, 15) is 4.79 Å². The van der Waals surface area contributed by atoms with Gasteiger partial charge in [0.1, 0.15) is 0 Å². The predicted molar refractivity (Wildman–Crippen MR) is 96.3 cm³/mol. The predicted octanol–water partition coefficient (Wildman–Crippen LogP) is 3.70. The van der Waals surface area contributed by atoms with Gasteiger partial charge < -0.3 is 10.2 Å². The van der Waals surface area contributed by atoms with Gasteiger partial charge in [0.05, 0.1) is 5.56 Å². The Morgan fingerprint density at radius 3 is 2.42 bits per heavy atom. The van der Waals surface area contributed by atoms with E-state index in [0.717, 1.165) is 31.8 Å². The molecule has 5 heteroatoms. The number of piperidine rings is 1. The second-order valence-corrected chi connectivity index (χ2v) is 7.18. The molecule has 1 saturated heterocycles. The van der Waals surface area contributed by atoms with E-state index >= 15 is 0 Å². The Morgan fingerprint density at radius 1 is 1.08 bits per heavy atom. The van der Waals surface area contributed by atoms with E-state index in [1.165, 1.54) is 44.9 Å². The minimum absolute atomic E-state index is 0.0286. The lowest BCUT2D eigenvalue weighted by molar-refractivity contribution is 0.0932. The molecule has 5 nitrogen and oxygen atoms in total. The first kappa shape index (κ1) is 17.2. The average Bonchev–Trinajstić information content (AvgIpc) is 2.90. The van der Waals surface area contributed by atoms with Crippen LogP contribution in [0.5, 0.6) is 0 Å². The van der Waals surface area contributed by atoms with Crippen molar-refractivity contribution in [2.75, 3.05) is 11.4 Å². The first-order valence-electron chi connectivity index (χ1n) is 9.67. The molecule has 1 aliphatic carbocycles. The first-order valence-corrected chi connectivity index (χ1v) is 9.67. The van der Waals surface area contributed by atoms with Crippen molar-refractivity contribution in [1.82, 2.24) is 15.3 Å². The van der Waals surface area contributed by atoms with Crippen LogP contribution in [0.15, 0.2) is 12.4 Å². The number of rotatable bonds is 4. The summed E-state index contributed by atoms with van der Waals surface area (Å²) in [5, 5.41) is 3.16. The lowest BCUT2D eigenvalue weighted by Gasteiger charge is -2.35. The Bertz CT molecular complexity index is 523. The lowest BCUT2D eigenvalue weighted by atomic mass is 10.0. The highest BCUT2D eigenvalue weighted by molar-refractivity contribution is 5.93. The van der Waals surface area contributed by atoms with Gasteiger partial charge in [-0.15, -0.1) is 0 Å².